The van der Waals surface area contributed by atoms with E-state index in [0.29, 0.717) is 24.8 Å². The van der Waals surface area contributed by atoms with Crippen LogP contribution in [0.3, 0.4) is 0 Å². The molecular formula is C26H33N5O3S. The van der Waals surface area contributed by atoms with Crippen LogP contribution in [0.25, 0.3) is 11.4 Å². The number of furan rings is 1. The number of carbonyl (C=O) groups excluding carboxylic acids is 2. The lowest BCUT2D eigenvalue weighted by Crippen LogP contribution is -2.46. The Kier molecular flexibility index (Phi) is 7.35. The second kappa shape index (κ2) is 10.3. The number of likely N-dealkylation sites (tertiary alicyclic amines) is 1. The van der Waals surface area contributed by atoms with Gasteiger partial charge in [-0.25, -0.2) is 0 Å². The van der Waals surface area contributed by atoms with Crippen molar-refractivity contribution >= 4 is 23.6 Å². The van der Waals surface area contributed by atoms with Crippen molar-refractivity contribution < 1.29 is 14.0 Å². The second-order valence-electron chi connectivity index (χ2n) is 10.1. The molecule has 1 fully saturated rings. The molecule has 2 unspecified atom stereocenters. The number of aromatic nitrogens is 3. The average molecular weight is 496 g/mol. The lowest BCUT2D eigenvalue weighted by atomic mass is 9.87. The van der Waals surface area contributed by atoms with E-state index in [4.69, 9.17) is 10.2 Å². The number of nitrogens with two attached hydrogens (primary N) is 1. The minimum absolute atomic E-state index is 0.0235. The lowest BCUT2D eigenvalue weighted by molar-refractivity contribution is -0.134. The van der Waals surface area contributed by atoms with Crippen molar-refractivity contribution in [3.63, 3.8) is 0 Å². The van der Waals surface area contributed by atoms with E-state index in [1.165, 1.54) is 17.3 Å². The molecule has 2 amide bonds. The zero-order valence-electron chi connectivity index (χ0n) is 20.7. The van der Waals surface area contributed by atoms with Crippen LogP contribution >= 0.6 is 11.8 Å². The third-order valence-corrected chi connectivity index (χ3v) is 7.45. The normalized spacial score (nSPS) is 17.4. The number of amides is 2. The van der Waals surface area contributed by atoms with Gasteiger partial charge in [-0.05, 0) is 42.9 Å². The molecule has 0 spiro atoms. The van der Waals surface area contributed by atoms with Gasteiger partial charge in [0.05, 0.1) is 24.0 Å². The molecule has 35 heavy (non-hydrogen) atoms. The first-order chi connectivity index (χ1) is 16.6. The highest BCUT2D eigenvalue weighted by atomic mass is 32.2. The SMILES string of the molecule is CC(Sc1nnc(-c2ccc(C(C)(C)C)cc2)n1Cc1ccco1)C(=O)N1CCCC(C(N)=O)C1. The van der Waals surface area contributed by atoms with Crippen molar-refractivity contribution in [2.24, 2.45) is 11.7 Å². The monoisotopic (exact) mass is 495 g/mol. The minimum Gasteiger partial charge on any atom is -0.467 e. The van der Waals surface area contributed by atoms with Crippen LogP contribution in [0.15, 0.2) is 52.2 Å². The Hall–Kier alpha value is -3.07. The van der Waals surface area contributed by atoms with Crippen LogP contribution in [0.5, 0.6) is 0 Å². The number of hydrogen-bond donors (Lipinski definition) is 1. The maximum absolute atomic E-state index is 13.2. The van der Waals surface area contributed by atoms with E-state index in [1.54, 1.807) is 11.2 Å². The van der Waals surface area contributed by atoms with Crippen molar-refractivity contribution in [2.45, 2.75) is 62.9 Å². The van der Waals surface area contributed by atoms with E-state index in [2.05, 4.69) is 55.2 Å². The number of nitrogens with zero attached hydrogens (tertiary/aromatic N) is 4. The highest BCUT2D eigenvalue weighted by Gasteiger charge is 2.31. The summed E-state index contributed by atoms with van der Waals surface area (Å²) in [5.41, 5.74) is 7.73. The number of rotatable bonds is 7. The molecule has 3 aromatic rings. The van der Waals surface area contributed by atoms with Crippen LogP contribution in [0.4, 0.5) is 0 Å². The van der Waals surface area contributed by atoms with Crippen LogP contribution in [-0.4, -0.2) is 49.8 Å². The number of thioether (sulfide) groups is 1. The summed E-state index contributed by atoms with van der Waals surface area (Å²) in [6.07, 6.45) is 3.15. The lowest BCUT2D eigenvalue weighted by Gasteiger charge is -2.32. The molecular weight excluding hydrogens is 462 g/mol. The van der Waals surface area contributed by atoms with E-state index >= 15 is 0 Å². The van der Waals surface area contributed by atoms with E-state index in [0.717, 1.165) is 30.0 Å². The summed E-state index contributed by atoms with van der Waals surface area (Å²) in [6, 6.07) is 12.1. The van der Waals surface area contributed by atoms with Gasteiger partial charge in [-0.3, -0.25) is 14.2 Å². The van der Waals surface area contributed by atoms with Gasteiger partial charge in [0.25, 0.3) is 0 Å². The van der Waals surface area contributed by atoms with E-state index < -0.39 is 5.25 Å². The second-order valence-corrected chi connectivity index (χ2v) is 11.4. The average Bonchev–Trinajstić information content (AvgIpc) is 3.49. The fraction of sp³-hybridized carbons (Fsp3) is 0.462. The topological polar surface area (TPSA) is 107 Å². The molecule has 2 N–H and O–H groups in total. The summed E-state index contributed by atoms with van der Waals surface area (Å²) < 4.78 is 7.58. The van der Waals surface area contributed by atoms with Gasteiger partial charge in [0.15, 0.2) is 11.0 Å². The van der Waals surface area contributed by atoms with Gasteiger partial charge in [0.1, 0.15) is 5.76 Å². The maximum atomic E-state index is 13.2. The molecule has 1 saturated heterocycles. The summed E-state index contributed by atoms with van der Waals surface area (Å²) in [6.45, 7) is 9.88. The Morgan fingerprint density at radius 2 is 1.94 bits per heavy atom. The van der Waals surface area contributed by atoms with Gasteiger partial charge in [-0.2, -0.15) is 0 Å². The molecule has 3 heterocycles. The first-order valence-corrected chi connectivity index (χ1v) is 12.8. The Labute approximate surface area is 210 Å². The summed E-state index contributed by atoms with van der Waals surface area (Å²) in [7, 11) is 0. The van der Waals surface area contributed by atoms with Crippen molar-refractivity contribution in [1.82, 2.24) is 19.7 Å². The highest BCUT2D eigenvalue weighted by Crippen LogP contribution is 2.31. The molecule has 4 rings (SSSR count). The van der Waals surface area contributed by atoms with E-state index in [-0.39, 0.29) is 23.1 Å². The van der Waals surface area contributed by atoms with Gasteiger partial charge in [-0.1, -0.05) is 56.8 Å². The molecule has 2 aromatic heterocycles. The van der Waals surface area contributed by atoms with Crippen LogP contribution in [0.2, 0.25) is 0 Å². The number of primary amides is 1. The van der Waals surface area contributed by atoms with Crippen LogP contribution in [-0.2, 0) is 21.5 Å². The molecule has 1 aromatic carbocycles. The Morgan fingerprint density at radius 1 is 1.20 bits per heavy atom. The summed E-state index contributed by atoms with van der Waals surface area (Å²) in [5, 5.41) is 9.18. The molecule has 1 aliphatic heterocycles. The number of benzene rings is 1. The largest absolute Gasteiger partial charge is 0.467 e. The van der Waals surface area contributed by atoms with Crippen molar-refractivity contribution in [2.75, 3.05) is 13.1 Å². The zero-order valence-corrected chi connectivity index (χ0v) is 21.5. The predicted molar refractivity (Wildman–Crippen MR) is 136 cm³/mol. The zero-order chi connectivity index (χ0) is 25.2. The summed E-state index contributed by atoms with van der Waals surface area (Å²) in [5.74, 6) is 0.845. The van der Waals surface area contributed by atoms with Gasteiger partial charge in [0.2, 0.25) is 11.8 Å². The summed E-state index contributed by atoms with van der Waals surface area (Å²) >= 11 is 1.37. The standard InChI is InChI=1S/C26H33N5O3S/c1-17(24(33)30-13-5-7-19(15-30)22(27)32)35-25-29-28-23(31(25)16-21-8-6-14-34-21)18-9-11-20(12-10-18)26(2,3)4/h6,8-12,14,17,19H,5,7,13,15-16H2,1-4H3,(H2,27,32). The first kappa shape index (κ1) is 25.0. The molecule has 8 nitrogen and oxygen atoms in total. The van der Waals surface area contributed by atoms with Gasteiger partial charge in [0, 0.05) is 18.7 Å². The quantitative estimate of drug-likeness (QED) is 0.495. The smallest absolute Gasteiger partial charge is 0.235 e. The third-order valence-electron chi connectivity index (χ3n) is 6.39. The molecule has 0 radical (unpaired) electrons. The van der Waals surface area contributed by atoms with Gasteiger partial charge < -0.3 is 15.1 Å². The van der Waals surface area contributed by atoms with Gasteiger partial charge in [-0.15, -0.1) is 10.2 Å². The van der Waals surface area contributed by atoms with Crippen LogP contribution in [0.1, 0.15) is 51.9 Å². The van der Waals surface area contributed by atoms with Crippen molar-refractivity contribution in [3.8, 4) is 11.4 Å². The van der Waals surface area contributed by atoms with E-state index in [9.17, 15) is 9.59 Å². The number of piperidine rings is 1. The summed E-state index contributed by atoms with van der Waals surface area (Å²) in [4.78, 5) is 26.6. The number of carbonyl (C=O) groups is 2. The molecule has 1 aliphatic rings. The fourth-order valence-electron chi connectivity index (χ4n) is 4.28. The molecule has 0 bridgehead atoms. The third kappa shape index (κ3) is 5.78. The Bertz CT molecular complexity index is 1160. The maximum Gasteiger partial charge on any atom is 0.235 e. The van der Waals surface area contributed by atoms with Gasteiger partial charge >= 0.3 is 0 Å². The number of hydrogen-bond acceptors (Lipinski definition) is 6. The van der Waals surface area contributed by atoms with Crippen LogP contribution < -0.4 is 5.73 Å². The highest BCUT2D eigenvalue weighted by molar-refractivity contribution is 8.00. The van der Waals surface area contributed by atoms with Crippen molar-refractivity contribution in [3.05, 3.63) is 54.0 Å². The molecule has 0 aliphatic carbocycles. The minimum atomic E-state index is -0.391. The Balaban J connectivity index is 1.58. The van der Waals surface area contributed by atoms with Crippen LogP contribution in [0, 0.1) is 5.92 Å². The molecule has 0 saturated carbocycles. The molecule has 2 atom stereocenters. The molecule has 9 heteroatoms. The fourth-order valence-corrected chi connectivity index (χ4v) is 5.22. The van der Waals surface area contributed by atoms with E-state index in [1.807, 2.05) is 23.6 Å². The Morgan fingerprint density at radius 3 is 2.57 bits per heavy atom. The first-order valence-electron chi connectivity index (χ1n) is 11.9. The molecule has 186 valence electrons. The van der Waals surface area contributed by atoms with Crippen molar-refractivity contribution in [1.29, 1.82) is 0 Å². The predicted octanol–water partition coefficient (Wildman–Crippen LogP) is 4.09.